The molecule has 0 unspecified atom stereocenters. The summed E-state index contributed by atoms with van der Waals surface area (Å²) in [6.45, 7) is 0. The van der Waals surface area contributed by atoms with Crippen molar-refractivity contribution in [3.8, 4) is 56.4 Å². The highest BCUT2D eigenvalue weighted by molar-refractivity contribution is 5.99. The Bertz CT molecular complexity index is 2600. The number of hydrogen-bond donors (Lipinski definition) is 0. The van der Waals surface area contributed by atoms with Gasteiger partial charge in [-0.2, -0.15) is 0 Å². The van der Waals surface area contributed by atoms with Crippen LogP contribution in [0.5, 0.6) is 0 Å². The van der Waals surface area contributed by atoms with Crippen LogP contribution < -0.4 is 0 Å². The van der Waals surface area contributed by atoms with Crippen LogP contribution in [0.4, 0.5) is 30.7 Å². The van der Waals surface area contributed by atoms with E-state index in [0.717, 1.165) is 27.5 Å². The second-order valence-corrected chi connectivity index (χ2v) is 11.7. The van der Waals surface area contributed by atoms with Crippen molar-refractivity contribution in [3.05, 3.63) is 162 Å². The molecule has 0 aliphatic carbocycles. The highest BCUT2D eigenvalue weighted by atomic mass is 19.2. The molecule has 0 N–H and O–H groups in total. The number of halogens is 7. The Balaban J connectivity index is 1.21. The molecule has 248 valence electrons. The lowest BCUT2D eigenvalue weighted by atomic mass is 9.92. The maximum atomic E-state index is 15.3. The van der Waals surface area contributed by atoms with Gasteiger partial charge >= 0.3 is 0 Å². The van der Waals surface area contributed by atoms with Crippen molar-refractivity contribution in [2.45, 2.75) is 0 Å². The fraction of sp³-hybridized carbons (Fsp3) is 0. The lowest BCUT2D eigenvalue weighted by molar-refractivity contribution is 0.411. The topological polar surface area (TPSA) is 38.7 Å². The van der Waals surface area contributed by atoms with Crippen LogP contribution in [0.15, 0.2) is 121 Å². The van der Waals surface area contributed by atoms with Crippen LogP contribution in [0.1, 0.15) is 0 Å². The standard InChI is InChI=1S/C41H20F7N3/c42-32-29(30-31(34(44)36(32)46)35(45)38(48)37(47)33(30)43)27-13-7-12-23(19-27)24-14-15-26-20-28(17-16-25(26)18-24)41-50-39(21-8-3-1-4-9-21)49-40(51-41)22-10-5-2-6-11-22/h1-20H. The minimum Gasteiger partial charge on any atom is -0.208 e. The van der Waals surface area contributed by atoms with E-state index >= 15 is 4.39 Å². The van der Waals surface area contributed by atoms with Gasteiger partial charge in [0.25, 0.3) is 0 Å². The molecular weight excluding hydrogens is 667 g/mol. The van der Waals surface area contributed by atoms with Crippen LogP contribution in [-0.2, 0) is 0 Å². The molecule has 3 nitrogen and oxygen atoms in total. The zero-order chi connectivity index (χ0) is 35.4. The predicted molar refractivity (Wildman–Crippen MR) is 182 cm³/mol. The average Bonchev–Trinajstić information content (AvgIpc) is 3.18. The molecule has 0 amide bonds. The molecule has 0 bridgehead atoms. The van der Waals surface area contributed by atoms with Crippen LogP contribution in [0.3, 0.4) is 0 Å². The van der Waals surface area contributed by atoms with Gasteiger partial charge in [0.15, 0.2) is 58.2 Å². The smallest absolute Gasteiger partial charge is 0.198 e. The van der Waals surface area contributed by atoms with Crippen molar-refractivity contribution in [2.75, 3.05) is 0 Å². The molecule has 0 spiro atoms. The van der Waals surface area contributed by atoms with Gasteiger partial charge in [-0.3, -0.25) is 0 Å². The molecule has 1 heterocycles. The number of fused-ring (bicyclic) bond motifs is 2. The fourth-order valence-corrected chi connectivity index (χ4v) is 6.13. The Morgan fingerprint density at radius 1 is 0.294 bits per heavy atom. The van der Waals surface area contributed by atoms with Crippen LogP contribution in [0.2, 0.25) is 0 Å². The number of aromatic nitrogens is 3. The quantitative estimate of drug-likeness (QED) is 0.103. The van der Waals surface area contributed by atoms with Gasteiger partial charge in [0.2, 0.25) is 0 Å². The summed E-state index contributed by atoms with van der Waals surface area (Å²) in [4.78, 5) is 14.3. The summed E-state index contributed by atoms with van der Waals surface area (Å²) >= 11 is 0. The number of benzene rings is 7. The lowest BCUT2D eigenvalue weighted by Crippen LogP contribution is -2.06. The zero-order valence-electron chi connectivity index (χ0n) is 26.0. The molecular formula is C41H20F7N3. The molecule has 0 saturated heterocycles. The molecule has 0 radical (unpaired) electrons. The summed E-state index contributed by atoms with van der Waals surface area (Å²) in [7, 11) is 0. The normalized spacial score (nSPS) is 11.4. The van der Waals surface area contributed by atoms with Gasteiger partial charge in [0.1, 0.15) is 0 Å². The zero-order valence-corrected chi connectivity index (χ0v) is 26.0. The molecule has 0 fully saturated rings. The van der Waals surface area contributed by atoms with Gasteiger partial charge in [-0.05, 0) is 45.7 Å². The molecule has 8 rings (SSSR count). The first-order valence-electron chi connectivity index (χ1n) is 15.5. The summed E-state index contributed by atoms with van der Waals surface area (Å²) in [5.74, 6) is -13.6. The first kappa shape index (κ1) is 31.8. The molecule has 51 heavy (non-hydrogen) atoms. The first-order chi connectivity index (χ1) is 24.7. The minimum absolute atomic E-state index is 0.216. The van der Waals surface area contributed by atoms with Gasteiger partial charge < -0.3 is 0 Å². The monoisotopic (exact) mass is 687 g/mol. The van der Waals surface area contributed by atoms with E-state index in [1.807, 2.05) is 91.0 Å². The van der Waals surface area contributed by atoms with Gasteiger partial charge in [0.05, 0.1) is 5.39 Å². The maximum Gasteiger partial charge on any atom is 0.198 e. The van der Waals surface area contributed by atoms with E-state index in [2.05, 4.69) is 0 Å². The van der Waals surface area contributed by atoms with Gasteiger partial charge in [-0.25, -0.2) is 45.7 Å². The molecule has 1 aromatic heterocycles. The van der Waals surface area contributed by atoms with E-state index in [1.54, 1.807) is 12.1 Å². The third kappa shape index (κ3) is 5.45. The van der Waals surface area contributed by atoms with Crippen LogP contribution >= 0.6 is 0 Å². The van der Waals surface area contributed by atoms with E-state index < -0.39 is 57.1 Å². The largest absolute Gasteiger partial charge is 0.208 e. The summed E-state index contributed by atoms with van der Waals surface area (Å²) < 4.78 is 102. The highest BCUT2D eigenvalue weighted by Crippen LogP contribution is 2.41. The second-order valence-electron chi connectivity index (χ2n) is 11.7. The van der Waals surface area contributed by atoms with Gasteiger partial charge in [0, 0.05) is 27.6 Å². The Labute approximate surface area is 285 Å². The Morgan fingerprint density at radius 3 is 1.27 bits per heavy atom. The second kappa shape index (κ2) is 12.5. The third-order valence-electron chi connectivity index (χ3n) is 8.62. The van der Waals surface area contributed by atoms with Crippen molar-refractivity contribution < 1.29 is 30.7 Å². The lowest BCUT2D eigenvalue weighted by Gasteiger charge is -2.14. The maximum absolute atomic E-state index is 15.3. The van der Waals surface area contributed by atoms with E-state index in [-0.39, 0.29) is 5.56 Å². The molecule has 0 aliphatic rings. The molecule has 7 aromatic carbocycles. The Hall–Kier alpha value is -6.42. The first-order valence-corrected chi connectivity index (χ1v) is 15.5. The molecule has 0 atom stereocenters. The fourth-order valence-electron chi connectivity index (χ4n) is 6.13. The minimum atomic E-state index is -2.34. The number of rotatable bonds is 5. The third-order valence-corrected chi connectivity index (χ3v) is 8.62. The molecule has 8 aromatic rings. The molecule has 10 heteroatoms. The van der Waals surface area contributed by atoms with Gasteiger partial charge in [-0.1, -0.05) is 103 Å². The summed E-state index contributed by atoms with van der Waals surface area (Å²) in [5, 5.41) is -1.17. The summed E-state index contributed by atoms with van der Waals surface area (Å²) in [5.41, 5.74) is 2.26. The predicted octanol–water partition coefficient (Wildman–Crippen LogP) is 11.5. The van der Waals surface area contributed by atoms with E-state index in [0.29, 0.717) is 28.6 Å². The molecule has 0 saturated carbocycles. The molecule has 0 aliphatic heterocycles. The average molecular weight is 688 g/mol. The van der Waals surface area contributed by atoms with Crippen molar-refractivity contribution in [2.24, 2.45) is 0 Å². The summed E-state index contributed by atoms with van der Waals surface area (Å²) in [6.07, 6.45) is 0. The Kier molecular flexibility index (Phi) is 7.79. The van der Waals surface area contributed by atoms with Crippen LogP contribution in [-0.4, -0.2) is 15.0 Å². The highest BCUT2D eigenvalue weighted by Gasteiger charge is 2.31. The van der Waals surface area contributed by atoms with E-state index in [9.17, 15) is 26.3 Å². The van der Waals surface area contributed by atoms with Crippen molar-refractivity contribution in [1.29, 1.82) is 0 Å². The van der Waals surface area contributed by atoms with Crippen molar-refractivity contribution >= 4 is 21.5 Å². The van der Waals surface area contributed by atoms with Crippen LogP contribution in [0, 0.1) is 40.7 Å². The number of nitrogens with zero attached hydrogens (tertiary/aromatic N) is 3. The van der Waals surface area contributed by atoms with E-state index in [1.165, 1.54) is 18.2 Å². The van der Waals surface area contributed by atoms with Crippen LogP contribution in [0.25, 0.3) is 78.0 Å². The number of hydrogen-bond acceptors (Lipinski definition) is 3. The van der Waals surface area contributed by atoms with Crippen molar-refractivity contribution in [1.82, 2.24) is 15.0 Å². The SMILES string of the molecule is Fc1c(F)c(F)c2c(-c3cccc(-c4ccc5cc(-c6nc(-c7ccccc7)nc(-c7ccccc7)n6)ccc5c4)c3)c(F)c(F)c(F)c2c1F. The Morgan fingerprint density at radius 2 is 0.706 bits per heavy atom. The van der Waals surface area contributed by atoms with E-state index in [4.69, 9.17) is 15.0 Å². The van der Waals surface area contributed by atoms with Crippen molar-refractivity contribution in [3.63, 3.8) is 0 Å². The summed E-state index contributed by atoms with van der Waals surface area (Å²) in [6, 6.07) is 35.8. The van der Waals surface area contributed by atoms with Gasteiger partial charge in [-0.15, -0.1) is 0 Å².